The van der Waals surface area contributed by atoms with Crippen LogP contribution in [0.25, 0.3) is 0 Å². The molecule has 0 aromatic heterocycles. The first-order valence-electron chi connectivity index (χ1n) is 7.83. The van der Waals surface area contributed by atoms with Gasteiger partial charge in [0.15, 0.2) is 5.96 Å². The summed E-state index contributed by atoms with van der Waals surface area (Å²) in [7, 11) is 1.48. The van der Waals surface area contributed by atoms with Gasteiger partial charge in [0, 0.05) is 40.3 Å². The molecule has 24 heavy (non-hydrogen) atoms. The van der Waals surface area contributed by atoms with Gasteiger partial charge in [-0.15, -0.1) is 0 Å². The van der Waals surface area contributed by atoms with Crippen molar-refractivity contribution in [3.05, 3.63) is 29.8 Å². The van der Waals surface area contributed by atoms with E-state index in [1.54, 1.807) is 45.5 Å². The molecule has 0 heterocycles. The molecule has 0 bridgehead atoms. The van der Waals surface area contributed by atoms with Gasteiger partial charge in [-0.1, -0.05) is 12.1 Å². The third kappa shape index (κ3) is 5.77. The minimum atomic E-state index is -3.44. The number of hydrogen-bond acceptors (Lipinski definition) is 4. The zero-order valence-electron chi connectivity index (χ0n) is 15.0. The number of methoxy groups -OCH3 is 1. The fourth-order valence-corrected chi connectivity index (χ4v) is 3.27. The molecule has 0 aliphatic heterocycles. The number of ether oxygens (including phenoxy) is 1. The lowest BCUT2D eigenvalue weighted by atomic mass is 10.2. The standard InChI is InChI=1S/C16H28N4O3S/c1-13(2)20(4)24(21,22)15-8-6-14(7-9-15)12-19-16(17-3)18-10-11-23-5/h6-9,13H,10-12H2,1-5H3,(H2,17,18,19). The lowest BCUT2D eigenvalue weighted by Crippen LogP contribution is -2.38. The number of benzene rings is 1. The number of sulfonamides is 1. The Morgan fingerprint density at radius 3 is 2.38 bits per heavy atom. The molecule has 8 heteroatoms. The number of guanidine groups is 1. The topological polar surface area (TPSA) is 83.0 Å². The molecule has 0 saturated carbocycles. The van der Waals surface area contributed by atoms with E-state index in [0.717, 1.165) is 5.56 Å². The van der Waals surface area contributed by atoms with E-state index in [2.05, 4.69) is 15.6 Å². The molecular weight excluding hydrogens is 328 g/mol. The van der Waals surface area contributed by atoms with E-state index in [-0.39, 0.29) is 6.04 Å². The van der Waals surface area contributed by atoms with Gasteiger partial charge in [-0.3, -0.25) is 4.99 Å². The van der Waals surface area contributed by atoms with Crippen LogP contribution < -0.4 is 10.6 Å². The van der Waals surface area contributed by atoms with Crippen LogP contribution in [0, 0.1) is 0 Å². The minimum absolute atomic E-state index is 0.0853. The van der Waals surface area contributed by atoms with Gasteiger partial charge in [-0.25, -0.2) is 8.42 Å². The van der Waals surface area contributed by atoms with Crippen LogP contribution in [0.3, 0.4) is 0 Å². The van der Waals surface area contributed by atoms with E-state index in [1.165, 1.54) is 4.31 Å². The first kappa shape index (κ1) is 20.4. The Kier molecular flexibility index (Phi) is 8.17. The number of rotatable bonds is 8. The van der Waals surface area contributed by atoms with E-state index in [0.29, 0.717) is 30.6 Å². The Morgan fingerprint density at radius 1 is 1.25 bits per heavy atom. The molecule has 0 radical (unpaired) electrons. The molecule has 1 aromatic carbocycles. The molecule has 0 atom stereocenters. The SMILES string of the molecule is CN=C(NCCOC)NCc1ccc(S(=O)(=O)N(C)C(C)C)cc1. The molecule has 0 spiro atoms. The number of nitrogens with one attached hydrogen (secondary N) is 2. The van der Waals surface area contributed by atoms with Gasteiger partial charge >= 0.3 is 0 Å². The van der Waals surface area contributed by atoms with Crippen LogP contribution in [0.1, 0.15) is 19.4 Å². The highest BCUT2D eigenvalue weighted by molar-refractivity contribution is 7.89. The Labute approximate surface area is 145 Å². The van der Waals surface area contributed by atoms with Crippen molar-refractivity contribution in [3.63, 3.8) is 0 Å². The molecule has 0 fully saturated rings. The van der Waals surface area contributed by atoms with Gasteiger partial charge in [-0.2, -0.15) is 4.31 Å². The maximum Gasteiger partial charge on any atom is 0.243 e. The third-order valence-electron chi connectivity index (χ3n) is 3.61. The Hall–Kier alpha value is -1.64. The molecule has 0 aliphatic carbocycles. The quantitative estimate of drug-likeness (QED) is 0.413. The highest BCUT2D eigenvalue weighted by atomic mass is 32.2. The summed E-state index contributed by atoms with van der Waals surface area (Å²) >= 11 is 0. The molecule has 2 N–H and O–H groups in total. The molecule has 0 saturated heterocycles. The van der Waals surface area contributed by atoms with E-state index >= 15 is 0 Å². The number of nitrogens with zero attached hydrogens (tertiary/aromatic N) is 2. The van der Waals surface area contributed by atoms with E-state index in [9.17, 15) is 8.42 Å². The summed E-state index contributed by atoms with van der Waals surface area (Å²) in [4.78, 5) is 4.41. The van der Waals surface area contributed by atoms with Gasteiger partial charge in [0.1, 0.15) is 0 Å². The van der Waals surface area contributed by atoms with Crippen molar-refractivity contribution in [2.75, 3.05) is 34.4 Å². The zero-order valence-corrected chi connectivity index (χ0v) is 15.9. The molecule has 0 aliphatic rings. The second kappa shape index (κ2) is 9.61. The highest BCUT2D eigenvalue weighted by Crippen LogP contribution is 2.17. The summed E-state index contributed by atoms with van der Waals surface area (Å²) in [5.74, 6) is 0.670. The van der Waals surface area contributed by atoms with Crippen molar-refractivity contribution >= 4 is 16.0 Å². The van der Waals surface area contributed by atoms with Crippen molar-refractivity contribution in [3.8, 4) is 0 Å². The summed E-state index contributed by atoms with van der Waals surface area (Å²) in [6.07, 6.45) is 0. The lowest BCUT2D eigenvalue weighted by Gasteiger charge is -2.21. The molecular formula is C16H28N4O3S. The molecule has 136 valence electrons. The third-order valence-corrected chi connectivity index (χ3v) is 5.66. The largest absolute Gasteiger partial charge is 0.383 e. The molecule has 1 rings (SSSR count). The van der Waals surface area contributed by atoms with Gasteiger partial charge in [-0.05, 0) is 31.5 Å². The van der Waals surface area contributed by atoms with Crippen molar-refractivity contribution in [2.24, 2.45) is 4.99 Å². The number of aliphatic imine (C=N–C) groups is 1. The summed E-state index contributed by atoms with van der Waals surface area (Å²) in [5, 5.41) is 6.28. The summed E-state index contributed by atoms with van der Waals surface area (Å²) in [6.45, 7) is 5.49. The van der Waals surface area contributed by atoms with Crippen LogP contribution in [0.15, 0.2) is 34.2 Å². The smallest absolute Gasteiger partial charge is 0.243 e. The van der Waals surface area contributed by atoms with Gasteiger partial charge in [0.05, 0.1) is 11.5 Å². The Morgan fingerprint density at radius 2 is 1.88 bits per heavy atom. The fourth-order valence-electron chi connectivity index (χ4n) is 1.90. The molecule has 0 amide bonds. The van der Waals surface area contributed by atoms with Gasteiger partial charge in [0.2, 0.25) is 10.0 Å². The van der Waals surface area contributed by atoms with Crippen LogP contribution in [0.5, 0.6) is 0 Å². The predicted molar refractivity (Wildman–Crippen MR) is 96.6 cm³/mol. The van der Waals surface area contributed by atoms with Crippen LogP contribution in [0.2, 0.25) is 0 Å². The van der Waals surface area contributed by atoms with E-state index in [1.807, 2.05) is 13.8 Å². The number of hydrogen-bond donors (Lipinski definition) is 2. The van der Waals surface area contributed by atoms with E-state index in [4.69, 9.17) is 4.74 Å². The summed E-state index contributed by atoms with van der Waals surface area (Å²) in [6, 6.07) is 6.78. The van der Waals surface area contributed by atoms with Crippen LogP contribution in [-0.4, -0.2) is 59.1 Å². The predicted octanol–water partition coefficient (Wildman–Crippen LogP) is 1.03. The maximum absolute atomic E-state index is 12.4. The lowest BCUT2D eigenvalue weighted by molar-refractivity contribution is 0.203. The molecule has 7 nitrogen and oxygen atoms in total. The highest BCUT2D eigenvalue weighted by Gasteiger charge is 2.22. The second-order valence-corrected chi connectivity index (χ2v) is 7.60. The van der Waals surface area contributed by atoms with Crippen molar-refractivity contribution in [2.45, 2.75) is 31.3 Å². The zero-order chi connectivity index (χ0) is 18.2. The van der Waals surface area contributed by atoms with Gasteiger partial charge in [0.25, 0.3) is 0 Å². The average molecular weight is 356 g/mol. The monoisotopic (exact) mass is 356 g/mol. The molecule has 0 unspecified atom stereocenters. The van der Waals surface area contributed by atoms with Crippen LogP contribution in [-0.2, 0) is 21.3 Å². The van der Waals surface area contributed by atoms with E-state index < -0.39 is 10.0 Å². The fraction of sp³-hybridized carbons (Fsp3) is 0.562. The second-order valence-electron chi connectivity index (χ2n) is 5.60. The Bertz CT molecular complexity index is 627. The normalized spacial score (nSPS) is 12.7. The van der Waals surface area contributed by atoms with Crippen LogP contribution in [0.4, 0.5) is 0 Å². The Balaban J connectivity index is 2.68. The average Bonchev–Trinajstić information content (AvgIpc) is 2.57. The summed E-state index contributed by atoms with van der Waals surface area (Å²) in [5.41, 5.74) is 0.968. The van der Waals surface area contributed by atoms with Crippen molar-refractivity contribution in [1.82, 2.24) is 14.9 Å². The first-order valence-corrected chi connectivity index (χ1v) is 9.27. The van der Waals surface area contributed by atoms with Gasteiger partial charge < -0.3 is 15.4 Å². The molecule has 1 aromatic rings. The summed E-state index contributed by atoms with van der Waals surface area (Å²) < 4.78 is 31.2. The minimum Gasteiger partial charge on any atom is -0.383 e. The van der Waals surface area contributed by atoms with Crippen molar-refractivity contribution in [1.29, 1.82) is 0 Å². The maximum atomic E-state index is 12.4. The first-order chi connectivity index (χ1) is 11.3. The van der Waals surface area contributed by atoms with Crippen molar-refractivity contribution < 1.29 is 13.2 Å². The van der Waals surface area contributed by atoms with Crippen LogP contribution >= 0.6 is 0 Å².